The molecule has 0 aromatic rings. The van der Waals surface area contributed by atoms with Gasteiger partial charge in [0.2, 0.25) is 5.91 Å². The predicted octanol–water partition coefficient (Wildman–Crippen LogP) is 0.702. The summed E-state index contributed by atoms with van der Waals surface area (Å²) in [6, 6.07) is 0.135. The van der Waals surface area contributed by atoms with Crippen LogP contribution in [-0.4, -0.2) is 48.0 Å². The smallest absolute Gasteiger partial charge is 0.239 e. The average molecular weight is 214 g/mol. The Morgan fingerprint density at radius 1 is 1.50 bits per heavy atom. The fourth-order valence-corrected chi connectivity index (χ4v) is 2.78. The Balaban J connectivity index is 1.86. The minimum Gasteiger partial charge on any atom is -0.340 e. The fourth-order valence-electron chi connectivity index (χ4n) is 2.05. The number of hydrogen-bond acceptors (Lipinski definition) is 3. The van der Waals surface area contributed by atoms with E-state index < -0.39 is 0 Å². The highest BCUT2D eigenvalue weighted by atomic mass is 32.2. The van der Waals surface area contributed by atoms with E-state index >= 15 is 0 Å². The molecule has 0 saturated carbocycles. The van der Waals surface area contributed by atoms with Crippen LogP contribution in [0.3, 0.4) is 0 Å². The molecule has 0 aromatic carbocycles. The Labute approximate surface area is 89.6 Å². The van der Waals surface area contributed by atoms with Gasteiger partial charge in [-0.2, -0.15) is 11.8 Å². The Morgan fingerprint density at radius 2 is 2.29 bits per heavy atom. The van der Waals surface area contributed by atoms with Crippen LogP contribution in [0, 0.1) is 0 Å². The van der Waals surface area contributed by atoms with Crippen LogP contribution in [0.1, 0.15) is 19.3 Å². The van der Waals surface area contributed by atoms with Crippen molar-refractivity contribution in [2.75, 3.05) is 25.9 Å². The summed E-state index contributed by atoms with van der Waals surface area (Å²) < 4.78 is 0. The number of carbonyl (C=O) groups excluding carboxylic acids is 1. The van der Waals surface area contributed by atoms with Gasteiger partial charge < -0.3 is 10.2 Å². The number of carbonyl (C=O) groups is 1. The monoisotopic (exact) mass is 214 g/mol. The molecule has 2 heterocycles. The second-order valence-electron chi connectivity index (χ2n) is 4.08. The van der Waals surface area contributed by atoms with Crippen LogP contribution in [0.25, 0.3) is 0 Å². The second-order valence-corrected chi connectivity index (χ2v) is 5.22. The number of nitrogens with zero attached hydrogens (tertiary/aromatic N) is 1. The summed E-state index contributed by atoms with van der Waals surface area (Å²) in [5.41, 5.74) is 0. The predicted molar refractivity (Wildman–Crippen MR) is 59.5 cm³/mol. The third-order valence-corrected chi connectivity index (χ3v) is 4.20. The standard InChI is InChI=1S/C10H18N2OS/c1-14-8-3-2-6-12(7-8)10(13)9-4-5-11-9/h8-9,11H,2-7H2,1H3. The zero-order valence-corrected chi connectivity index (χ0v) is 9.48. The molecule has 0 aliphatic carbocycles. The molecule has 1 N–H and O–H groups in total. The minimum absolute atomic E-state index is 0.135. The van der Waals surface area contributed by atoms with Crippen molar-refractivity contribution in [1.82, 2.24) is 10.2 Å². The topological polar surface area (TPSA) is 32.3 Å². The highest BCUT2D eigenvalue weighted by molar-refractivity contribution is 7.99. The lowest BCUT2D eigenvalue weighted by molar-refractivity contribution is -0.135. The van der Waals surface area contributed by atoms with Gasteiger partial charge in [-0.1, -0.05) is 0 Å². The third kappa shape index (κ3) is 2.06. The quantitative estimate of drug-likeness (QED) is 0.734. The zero-order valence-electron chi connectivity index (χ0n) is 8.66. The lowest BCUT2D eigenvalue weighted by Gasteiger charge is -2.37. The van der Waals surface area contributed by atoms with E-state index in [2.05, 4.69) is 11.6 Å². The maximum Gasteiger partial charge on any atom is 0.239 e. The molecule has 2 aliphatic heterocycles. The van der Waals surface area contributed by atoms with Crippen LogP contribution < -0.4 is 5.32 Å². The molecule has 0 aromatic heterocycles. The Bertz CT molecular complexity index is 218. The van der Waals surface area contributed by atoms with Gasteiger partial charge >= 0.3 is 0 Å². The van der Waals surface area contributed by atoms with Crippen molar-refractivity contribution in [3.8, 4) is 0 Å². The van der Waals surface area contributed by atoms with Crippen molar-refractivity contribution in [2.45, 2.75) is 30.6 Å². The summed E-state index contributed by atoms with van der Waals surface area (Å²) in [5.74, 6) is 0.329. The second kappa shape index (κ2) is 4.53. The van der Waals surface area contributed by atoms with E-state index in [1.807, 2.05) is 16.7 Å². The summed E-state index contributed by atoms with van der Waals surface area (Å²) >= 11 is 1.89. The SMILES string of the molecule is CSC1CCCN(C(=O)C2CCN2)C1. The van der Waals surface area contributed by atoms with Gasteiger partial charge in [-0.25, -0.2) is 0 Å². The minimum atomic E-state index is 0.135. The number of hydrogen-bond donors (Lipinski definition) is 1. The largest absolute Gasteiger partial charge is 0.340 e. The number of amides is 1. The normalized spacial score (nSPS) is 32.5. The van der Waals surface area contributed by atoms with Crippen molar-refractivity contribution in [1.29, 1.82) is 0 Å². The van der Waals surface area contributed by atoms with Gasteiger partial charge in [0.25, 0.3) is 0 Å². The summed E-state index contributed by atoms with van der Waals surface area (Å²) in [6.45, 7) is 2.93. The molecule has 0 spiro atoms. The Hall–Kier alpha value is -0.220. The van der Waals surface area contributed by atoms with E-state index in [0.29, 0.717) is 11.2 Å². The summed E-state index contributed by atoms with van der Waals surface area (Å²) in [6.07, 6.45) is 5.60. The van der Waals surface area contributed by atoms with Crippen LogP contribution >= 0.6 is 11.8 Å². The van der Waals surface area contributed by atoms with Crippen molar-refractivity contribution in [3.05, 3.63) is 0 Å². The molecule has 1 amide bonds. The molecule has 14 heavy (non-hydrogen) atoms. The average Bonchev–Trinajstić information content (AvgIpc) is 2.15. The first-order valence-corrected chi connectivity index (χ1v) is 6.65. The summed E-state index contributed by atoms with van der Waals surface area (Å²) in [4.78, 5) is 13.9. The molecule has 2 fully saturated rings. The van der Waals surface area contributed by atoms with E-state index in [4.69, 9.17) is 0 Å². The number of nitrogens with one attached hydrogen (secondary N) is 1. The molecule has 4 heteroatoms. The van der Waals surface area contributed by atoms with E-state index in [1.165, 1.54) is 12.8 Å². The van der Waals surface area contributed by atoms with Crippen molar-refractivity contribution in [2.24, 2.45) is 0 Å². The summed E-state index contributed by atoms with van der Waals surface area (Å²) in [5, 5.41) is 3.84. The molecule has 2 aliphatic rings. The van der Waals surface area contributed by atoms with Crippen LogP contribution in [0.4, 0.5) is 0 Å². The molecular formula is C10H18N2OS. The molecule has 2 rings (SSSR count). The molecular weight excluding hydrogens is 196 g/mol. The van der Waals surface area contributed by atoms with Crippen LogP contribution in [-0.2, 0) is 4.79 Å². The van der Waals surface area contributed by atoms with E-state index in [1.54, 1.807) is 0 Å². The number of likely N-dealkylation sites (tertiary alicyclic amines) is 1. The fraction of sp³-hybridized carbons (Fsp3) is 0.900. The van der Waals surface area contributed by atoms with Gasteiger partial charge in [0, 0.05) is 18.3 Å². The van der Waals surface area contributed by atoms with Gasteiger partial charge in [0.05, 0.1) is 6.04 Å². The highest BCUT2D eigenvalue weighted by Gasteiger charge is 2.31. The summed E-state index contributed by atoms with van der Waals surface area (Å²) in [7, 11) is 0. The Kier molecular flexibility index (Phi) is 3.34. The molecule has 0 bridgehead atoms. The van der Waals surface area contributed by atoms with Crippen LogP contribution in [0.2, 0.25) is 0 Å². The lowest BCUT2D eigenvalue weighted by atomic mass is 10.0. The van der Waals surface area contributed by atoms with Crippen LogP contribution in [0.5, 0.6) is 0 Å². The first kappa shape index (κ1) is 10.3. The van der Waals surface area contributed by atoms with Gasteiger partial charge in [0.1, 0.15) is 0 Å². The molecule has 80 valence electrons. The lowest BCUT2D eigenvalue weighted by Crippen LogP contribution is -2.56. The molecule has 2 unspecified atom stereocenters. The van der Waals surface area contributed by atoms with Gasteiger partial charge in [-0.05, 0) is 32.1 Å². The highest BCUT2D eigenvalue weighted by Crippen LogP contribution is 2.21. The van der Waals surface area contributed by atoms with E-state index in [0.717, 1.165) is 26.1 Å². The molecule has 2 saturated heterocycles. The third-order valence-electron chi connectivity index (χ3n) is 3.15. The van der Waals surface area contributed by atoms with Crippen molar-refractivity contribution in [3.63, 3.8) is 0 Å². The van der Waals surface area contributed by atoms with Gasteiger partial charge in [-0.15, -0.1) is 0 Å². The first-order chi connectivity index (χ1) is 6.81. The molecule has 0 radical (unpaired) electrons. The number of rotatable bonds is 2. The molecule has 2 atom stereocenters. The number of piperidine rings is 1. The Morgan fingerprint density at radius 3 is 2.86 bits per heavy atom. The van der Waals surface area contributed by atoms with Crippen LogP contribution in [0.15, 0.2) is 0 Å². The maximum atomic E-state index is 11.9. The van der Waals surface area contributed by atoms with Gasteiger partial charge in [-0.3, -0.25) is 4.79 Å². The van der Waals surface area contributed by atoms with E-state index in [-0.39, 0.29) is 6.04 Å². The first-order valence-electron chi connectivity index (χ1n) is 5.36. The van der Waals surface area contributed by atoms with Crippen molar-refractivity contribution < 1.29 is 4.79 Å². The van der Waals surface area contributed by atoms with Crippen molar-refractivity contribution >= 4 is 17.7 Å². The number of thioether (sulfide) groups is 1. The zero-order chi connectivity index (χ0) is 9.97. The molecule has 3 nitrogen and oxygen atoms in total. The van der Waals surface area contributed by atoms with Gasteiger partial charge in [0.15, 0.2) is 0 Å². The van der Waals surface area contributed by atoms with E-state index in [9.17, 15) is 4.79 Å². The maximum absolute atomic E-state index is 11.9.